The molecule has 0 spiro atoms. The highest BCUT2D eigenvalue weighted by Gasteiger charge is 2.36. The van der Waals surface area contributed by atoms with E-state index in [2.05, 4.69) is 5.32 Å². The van der Waals surface area contributed by atoms with Crippen LogP contribution in [0.15, 0.2) is 0 Å². The normalized spacial score (nSPS) is 25.4. The lowest BCUT2D eigenvalue weighted by Gasteiger charge is -2.16. The predicted octanol–water partition coefficient (Wildman–Crippen LogP) is -0.928. The number of nitrogens with one attached hydrogen (secondary N) is 1. The number of carbonyl (C=O) groups excluding carboxylic acids is 2. The van der Waals surface area contributed by atoms with E-state index in [-0.39, 0.29) is 30.3 Å². The summed E-state index contributed by atoms with van der Waals surface area (Å²) < 4.78 is 0. The smallest absolute Gasteiger partial charge is 0.234 e. The fraction of sp³-hybridized carbons (Fsp3) is 0.800. The SMILES string of the molecule is NCC(=O)NC1CCN(C(=O)C2CC2)C1. The largest absolute Gasteiger partial charge is 0.350 e. The summed E-state index contributed by atoms with van der Waals surface area (Å²) in [5, 5.41) is 2.81. The van der Waals surface area contributed by atoms with Gasteiger partial charge >= 0.3 is 0 Å². The summed E-state index contributed by atoms with van der Waals surface area (Å²) in [5.74, 6) is 0.397. The van der Waals surface area contributed by atoms with Gasteiger partial charge in [0.05, 0.1) is 6.54 Å². The van der Waals surface area contributed by atoms with E-state index in [4.69, 9.17) is 5.73 Å². The molecule has 1 atom stereocenters. The van der Waals surface area contributed by atoms with Gasteiger partial charge in [0, 0.05) is 25.0 Å². The molecule has 5 heteroatoms. The molecule has 2 fully saturated rings. The minimum Gasteiger partial charge on any atom is -0.350 e. The van der Waals surface area contributed by atoms with Crippen molar-refractivity contribution in [3.05, 3.63) is 0 Å². The molecule has 0 aromatic carbocycles. The lowest BCUT2D eigenvalue weighted by molar-refractivity contribution is -0.131. The summed E-state index contributed by atoms with van der Waals surface area (Å²) in [6, 6.07) is 0.101. The first-order chi connectivity index (χ1) is 7.20. The Morgan fingerprint density at radius 1 is 1.33 bits per heavy atom. The standard InChI is InChI=1S/C10H17N3O2/c11-5-9(14)12-8-3-4-13(6-8)10(15)7-1-2-7/h7-8H,1-6,11H2,(H,12,14). The maximum absolute atomic E-state index is 11.7. The second-order valence-corrected chi connectivity index (χ2v) is 4.32. The molecule has 1 aliphatic carbocycles. The highest BCUT2D eigenvalue weighted by Crippen LogP contribution is 2.32. The Bertz CT molecular complexity index is 276. The second-order valence-electron chi connectivity index (χ2n) is 4.32. The first-order valence-corrected chi connectivity index (χ1v) is 5.49. The number of rotatable bonds is 3. The fourth-order valence-electron chi connectivity index (χ4n) is 1.95. The van der Waals surface area contributed by atoms with E-state index >= 15 is 0 Å². The lowest BCUT2D eigenvalue weighted by Crippen LogP contribution is -2.41. The summed E-state index contributed by atoms with van der Waals surface area (Å²) in [6.45, 7) is 1.44. The van der Waals surface area contributed by atoms with E-state index in [9.17, 15) is 9.59 Å². The van der Waals surface area contributed by atoms with Crippen LogP contribution >= 0.6 is 0 Å². The topological polar surface area (TPSA) is 75.4 Å². The number of hydrogen-bond acceptors (Lipinski definition) is 3. The molecule has 0 radical (unpaired) electrons. The van der Waals surface area contributed by atoms with Gasteiger partial charge in [-0.3, -0.25) is 9.59 Å². The summed E-state index contributed by atoms with van der Waals surface area (Å²) in [6.07, 6.45) is 2.93. The number of likely N-dealkylation sites (tertiary alicyclic amines) is 1. The van der Waals surface area contributed by atoms with E-state index in [1.807, 2.05) is 4.90 Å². The molecule has 15 heavy (non-hydrogen) atoms. The zero-order valence-corrected chi connectivity index (χ0v) is 8.74. The Morgan fingerprint density at radius 2 is 2.07 bits per heavy atom. The molecule has 1 saturated heterocycles. The van der Waals surface area contributed by atoms with Crippen molar-refractivity contribution < 1.29 is 9.59 Å². The molecule has 2 aliphatic rings. The van der Waals surface area contributed by atoms with Crippen LogP contribution in [-0.4, -0.2) is 42.4 Å². The molecule has 0 aromatic heterocycles. The minimum absolute atomic E-state index is 0.0209. The van der Waals surface area contributed by atoms with Gasteiger partial charge in [-0.2, -0.15) is 0 Å². The van der Waals surface area contributed by atoms with Crippen LogP contribution in [0.4, 0.5) is 0 Å². The molecular weight excluding hydrogens is 194 g/mol. The molecule has 5 nitrogen and oxygen atoms in total. The molecule has 2 rings (SSSR count). The van der Waals surface area contributed by atoms with Gasteiger partial charge in [0.1, 0.15) is 0 Å². The Balaban J connectivity index is 1.78. The highest BCUT2D eigenvalue weighted by atomic mass is 16.2. The molecule has 1 aliphatic heterocycles. The second kappa shape index (κ2) is 4.18. The van der Waals surface area contributed by atoms with Crippen LogP contribution in [0.3, 0.4) is 0 Å². The van der Waals surface area contributed by atoms with Crippen LogP contribution in [-0.2, 0) is 9.59 Å². The van der Waals surface area contributed by atoms with Gasteiger partial charge in [0.2, 0.25) is 11.8 Å². The number of nitrogens with zero attached hydrogens (tertiary/aromatic N) is 1. The van der Waals surface area contributed by atoms with Gasteiger partial charge < -0.3 is 16.0 Å². The summed E-state index contributed by atoms with van der Waals surface area (Å²) >= 11 is 0. The van der Waals surface area contributed by atoms with E-state index < -0.39 is 0 Å². The molecule has 0 aromatic rings. The summed E-state index contributed by atoms with van der Waals surface area (Å²) in [4.78, 5) is 24.6. The maximum Gasteiger partial charge on any atom is 0.234 e. The zero-order valence-electron chi connectivity index (χ0n) is 8.74. The van der Waals surface area contributed by atoms with Crippen molar-refractivity contribution in [3.8, 4) is 0 Å². The maximum atomic E-state index is 11.7. The van der Waals surface area contributed by atoms with Gasteiger partial charge in [-0.15, -0.1) is 0 Å². The van der Waals surface area contributed by atoms with Crippen LogP contribution in [0.2, 0.25) is 0 Å². The number of hydrogen-bond donors (Lipinski definition) is 2. The zero-order chi connectivity index (χ0) is 10.8. The van der Waals surface area contributed by atoms with E-state index in [0.29, 0.717) is 6.54 Å². The van der Waals surface area contributed by atoms with Crippen molar-refractivity contribution in [3.63, 3.8) is 0 Å². The van der Waals surface area contributed by atoms with Crippen molar-refractivity contribution in [2.24, 2.45) is 11.7 Å². The van der Waals surface area contributed by atoms with Crippen LogP contribution in [0.25, 0.3) is 0 Å². The Morgan fingerprint density at radius 3 is 2.67 bits per heavy atom. The quantitative estimate of drug-likeness (QED) is 0.633. The highest BCUT2D eigenvalue weighted by molar-refractivity contribution is 5.82. The molecule has 3 N–H and O–H groups in total. The predicted molar refractivity (Wildman–Crippen MR) is 54.9 cm³/mol. The van der Waals surface area contributed by atoms with Gasteiger partial charge in [-0.25, -0.2) is 0 Å². The monoisotopic (exact) mass is 211 g/mol. The Kier molecular flexibility index (Phi) is 2.90. The average molecular weight is 211 g/mol. The van der Waals surface area contributed by atoms with Crippen LogP contribution in [0.1, 0.15) is 19.3 Å². The fourth-order valence-corrected chi connectivity index (χ4v) is 1.95. The van der Waals surface area contributed by atoms with E-state index in [1.54, 1.807) is 0 Å². The molecule has 1 unspecified atom stereocenters. The van der Waals surface area contributed by atoms with E-state index in [1.165, 1.54) is 0 Å². The number of nitrogens with two attached hydrogens (primary N) is 1. The molecule has 0 bridgehead atoms. The molecule has 84 valence electrons. The van der Waals surface area contributed by atoms with Crippen molar-refractivity contribution in [2.75, 3.05) is 19.6 Å². The third-order valence-electron chi connectivity index (χ3n) is 2.98. The van der Waals surface area contributed by atoms with Crippen molar-refractivity contribution in [1.29, 1.82) is 0 Å². The minimum atomic E-state index is -0.138. The summed E-state index contributed by atoms with van der Waals surface area (Å²) in [7, 11) is 0. The molecule has 2 amide bonds. The number of amides is 2. The molecule has 1 heterocycles. The summed E-state index contributed by atoms with van der Waals surface area (Å²) in [5.41, 5.74) is 5.21. The number of carbonyl (C=O) groups is 2. The Labute approximate surface area is 89.0 Å². The Hall–Kier alpha value is -1.10. The lowest BCUT2D eigenvalue weighted by atomic mass is 10.2. The molecule has 1 saturated carbocycles. The molecular formula is C10H17N3O2. The van der Waals surface area contributed by atoms with Crippen molar-refractivity contribution in [1.82, 2.24) is 10.2 Å². The van der Waals surface area contributed by atoms with Crippen LogP contribution in [0.5, 0.6) is 0 Å². The van der Waals surface area contributed by atoms with Gasteiger partial charge in [0.15, 0.2) is 0 Å². The van der Waals surface area contributed by atoms with Gasteiger partial charge in [-0.05, 0) is 19.3 Å². The first kappa shape index (κ1) is 10.4. The first-order valence-electron chi connectivity index (χ1n) is 5.49. The van der Waals surface area contributed by atoms with Crippen LogP contribution in [0, 0.1) is 5.92 Å². The third kappa shape index (κ3) is 2.47. The van der Waals surface area contributed by atoms with E-state index in [0.717, 1.165) is 25.8 Å². The van der Waals surface area contributed by atoms with Gasteiger partial charge in [0.25, 0.3) is 0 Å². The van der Waals surface area contributed by atoms with Crippen molar-refractivity contribution in [2.45, 2.75) is 25.3 Å². The van der Waals surface area contributed by atoms with Crippen molar-refractivity contribution >= 4 is 11.8 Å². The van der Waals surface area contributed by atoms with Gasteiger partial charge in [-0.1, -0.05) is 0 Å². The average Bonchev–Trinajstić information content (AvgIpc) is 2.98. The van der Waals surface area contributed by atoms with Crippen LogP contribution < -0.4 is 11.1 Å². The third-order valence-corrected chi connectivity index (χ3v) is 2.98.